The number of Topliss-reactive ketones (excluding diaryl/α,β-unsaturated/α-hetero) is 1. The Balaban J connectivity index is 0.000000141. The van der Waals surface area contributed by atoms with E-state index in [9.17, 15) is 14.4 Å². The molecule has 2 saturated carbocycles. The smallest absolute Gasteiger partial charge is 0.168 e. The number of fused-ring (bicyclic) bond motifs is 2. The summed E-state index contributed by atoms with van der Waals surface area (Å²) in [6, 6.07) is 20.6. The minimum Gasteiger partial charge on any atom is -0.367 e. The summed E-state index contributed by atoms with van der Waals surface area (Å²) < 4.78 is 0. The fraction of sp³-hybridized carbons (Fsp3) is 0.431. The van der Waals surface area contributed by atoms with Crippen molar-refractivity contribution in [2.45, 2.75) is 69.4 Å². The number of piperazine rings is 2. The highest BCUT2D eigenvalue weighted by atomic mass is 16.1. The Morgan fingerprint density at radius 1 is 0.662 bits per heavy atom. The first-order chi connectivity index (χ1) is 31.6. The number of pyridine rings is 2. The van der Waals surface area contributed by atoms with Gasteiger partial charge in [-0.05, 0) is 125 Å². The van der Waals surface area contributed by atoms with E-state index in [-0.39, 0.29) is 23.7 Å². The quantitative estimate of drug-likeness (QED) is 0.110. The van der Waals surface area contributed by atoms with Gasteiger partial charge < -0.3 is 29.6 Å². The Morgan fingerprint density at radius 3 is 1.82 bits per heavy atom. The molecule has 2 aliphatic carbocycles. The molecule has 5 fully saturated rings. The number of nitrogens with one attached hydrogen (secondary N) is 2. The predicted molar refractivity (Wildman–Crippen MR) is 257 cm³/mol. The lowest BCUT2D eigenvalue weighted by molar-refractivity contribution is -0.125. The molecule has 14 heteroatoms. The van der Waals surface area contributed by atoms with E-state index in [1.807, 2.05) is 36.5 Å². The van der Waals surface area contributed by atoms with E-state index in [2.05, 4.69) is 95.9 Å². The third-order valence-electron chi connectivity index (χ3n) is 13.5. The molecule has 5 aliphatic rings. The lowest BCUT2D eigenvalue weighted by Crippen LogP contribution is -2.44. The van der Waals surface area contributed by atoms with Crippen LogP contribution in [0.4, 0.5) is 11.4 Å². The largest absolute Gasteiger partial charge is 0.367 e. The van der Waals surface area contributed by atoms with Gasteiger partial charge in [0.05, 0.1) is 40.2 Å². The van der Waals surface area contributed by atoms with Crippen LogP contribution in [0.25, 0.3) is 28.1 Å². The summed E-state index contributed by atoms with van der Waals surface area (Å²) in [5.74, 6) is 3.14. The lowest BCUT2D eigenvalue weighted by atomic mass is 9.90. The minimum absolute atomic E-state index is 0.00151. The summed E-state index contributed by atoms with van der Waals surface area (Å²) in [5, 5.41) is 0. The molecule has 3 saturated heterocycles. The lowest BCUT2D eigenvalue weighted by Gasteiger charge is -2.38. The molecular weight excluding hydrogens is 815 g/mol. The summed E-state index contributed by atoms with van der Waals surface area (Å²) in [5.41, 5.74) is 10.5. The third kappa shape index (κ3) is 10.2. The van der Waals surface area contributed by atoms with E-state index >= 15 is 0 Å². The number of aromatic amines is 2. The summed E-state index contributed by atoms with van der Waals surface area (Å²) in [7, 11) is 6.45. The summed E-state index contributed by atoms with van der Waals surface area (Å²) in [6.07, 6.45) is 13.5. The van der Waals surface area contributed by atoms with E-state index in [1.54, 1.807) is 12.3 Å². The molecule has 6 aromatic rings. The number of para-hydroxylation sites is 2. The SMILES string of the molecule is CC(=O)/C=C/c1nc2c(N3CCN(C)CC3)cccc2[nH]1.CN1CCN(c2cccc3[nH]c(C4CC(=O)CC(c5ncccc5C5CC5)N4C)nc23)CC1.O=Cc1ncccc1C1CC1. The number of aromatic nitrogens is 6. The van der Waals surface area contributed by atoms with Gasteiger partial charge in [0.25, 0.3) is 0 Å². The van der Waals surface area contributed by atoms with Crippen molar-refractivity contribution in [2.75, 3.05) is 83.3 Å². The fourth-order valence-corrected chi connectivity index (χ4v) is 9.43. The van der Waals surface area contributed by atoms with Crippen molar-refractivity contribution in [1.29, 1.82) is 0 Å². The van der Waals surface area contributed by atoms with Crippen LogP contribution in [-0.2, 0) is 9.59 Å². The first-order valence-electron chi connectivity index (χ1n) is 23.2. The Hall–Kier alpha value is -6.09. The number of hydrogen-bond donors (Lipinski definition) is 2. The van der Waals surface area contributed by atoms with Gasteiger partial charge in [-0.3, -0.25) is 29.3 Å². The van der Waals surface area contributed by atoms with E-state index < -0.39 is 0 Å². The highest BCUT2D eigenvalue weighted by molar-refractivity contribution is 5.93. The number of likely N-dealkylation sites (tertiary alicyclic amines) is 1. The number of nitrogens with zero attached hydrogens (tertiary/aromatic N) is 9. The molecule has 0 spiro atoms. The van der Waals surface area contributed by atoms with Crippen molar-refractivity contribution >= 4 is 57.4 Å². The van der Waals surface area contributed by atoms with Crippen LogP contribution >= 0.6 is 0 Å². The van der Waals surface area contributed by atoms with Gasteiger partial charge in [0.1, 0.15) is 34.2 Å². The van der Waals surface area contributed by atoms with Crippen LogP contribution in [0.2, 0.25) is 0 Å². The summed E-state index contributed by atoms with van der Waals surface area (Å²) in [6.45, 7) is 9.83. The average molecular weight is 876 g/mol. The Labute approximate surface area is 381 Å². The van der Waals surface area contributed by atoms with E-state index in [4.69, 9.17) is 9.97 Å². The highest BCUT2D eigenvalue weighted by Crippen LogP contribution is 2.46. The first kappa shape index (κ1) is 44.1. The molecule has 0 radical (unpaired) electrons. The number of H-pyrrole nitrogens is 2. The van der Waals surface area contributed by atoms with Crippen molar-refractivity contribution in [2.24, 2.45) is 0 Å². The number of likely N-dealkylation sites (N-methyl/N-ethyl adjacent to an activating group) is 2. The first-order valence-corrected chi connectivity index (χ1v) is 23.2. The number of aldehydes is 1. The minimum atomic E-state index is -0.0713. The predicted octanol–water partition coefficient (Wildman–Crippen LogP) is 7.35. The normalized spacial score (nSPS) is 21.0. The van der Waals surface area contributed by atoms with Crippen molar-refractivity contribution in [1.82, 2.24) is 44.6 Å². The molecule has 3 aliphatic heterocycles. The molecule has 11 rings (SSSR count). The zero-order valence-electron chi connectivity index (χ0n) is 38.1. The number of allylic oxidation sites excluding steroid dienone is 1. The zero-order chi connectivity index (χ0) is 45.0. The number of anilines is 2. The standard InChI is InChI=1S/C26H32N6O.C16H20N4O.C9H9NO/c1-30-11-13-32(14-12-30)21-7-3-6-20-25(21)29-26(28-20)23-16-18(33)15-22(31(23)2)24-19(17-8-9-17)5-4-10-27-24;1-12(21)6-7-15-17-13-4-3-5-14(16(13)18-15)20-10-8-19(2)9-11-20;11-6-9-8(7-3-4-7)2-1-5-10-9/h3-7,10,17,22-23H,8-9,11-16H2,1-2H3,(H,28,29);3-7H,8-11H2,1-2H3,(H,17,18);1-2,5-7H,3-4H2/b;7-6+;. The van der Waals surface area contributed by atoms with Crippen LogP contribution in [0.15, 0.2) is 79.1 Å². The number of piperidine rings is 1. The molecule has 14 nitrogen and oxygen atoms in total. The van der Waals surface area contributed by atoms with Gasteiger partial charge in [0, 0.05) is 77.6 Å². The number of rotatable bonds is 9. The molecule has 2 atom stereocenters. The Morgan fingerprint density at radius 2 is 1.22 bits per heavy atom. The second-order valence-electron chi connectivity index (χ2n) is 18.4. The molecule has 2 aromatic carbocycles. The van der Waals surface area contributed by atoms with E-state index in [0.717, 1.165) is 104 Å². The van der Waals surface area contributed by atoms with Crippen molar-refractivity contribution in [3.05, 3.63) is 113 Å². The van der Waals surface area contributed by atoms with Crippen LogP contribution in [0.3, 0.4) is 0 Å². The molecule has 338 valence electrons. The molecular formula is C51H61N11O3. The van der Waals surface area contributed by atoms with Crippen LogP contribution in [0, 0.1) is 0 Å². The third-order valence-corrected chi connectivity index (χ3v) is 13.5. The number of carbonyl (C=O) groups excluding carboxylic acids is 3. The number of benzene rings is 2. The number of carbonyl (C=O) groups is 3. The van der Waals surface area contributed by atoms with Crippen LogP contribution in [-0.4, -0.2) is 136 Å². The molecule has 0 bridgehead atoms. The highest BCUT2D eigenvalue weighted by Gasteiger charge is 2.39. The Kier molecular flexibility index (Phi) is 13.3. The summed E-state index contributed by atoms with van der Waals surface area (Å²) in [4.78, 5) is 71.6. The average Bonchev–Trinajstić information content (AvgIpc) is 4.27. The molecule has 0 amide bonds. The number of imidazole rings is 2. The second-order valence-corrected chi connectivity index (χ2v) is 18.4. The maximum Gasteiger partial charge on any atom is 0.168 e. The summed E-state index contributed by atoms with van der Waals surface area (Å²) >= 11 is 0. The van der Waals surface area contributed by atoms with Gasteiger partial charge in [0.2, 0.25) is 0 Å². The van der Waals surface area contributed by atoms with Crippen LogP contribution < -0.4 is 9.80 Å². The van der Waals surface area contributed by atoms with Gasteiger partial charge in [0.15, 0.2) is 12.1 Å². The van der Waals surface area contributed by atoms with Crippen molar-refractivity contribution in [3.63, 3.8) is 0 Å². The number of hydrogen-bond acceptors (Lipinski definition) is 12. The molecule has 65 heavy (non-hydrogen) atoms. The monoisotopic (exact) mass is 875 g/mol. The molecule has 7 heterocycles. The second kappa shape index (κ2) is 19.6. The van der Waals surface area contributed by atoms with Gasteiger partial charge in [-0.2, -0.15) is 0 Å². The Bertz CT molecular complexity index is 2670. The van der Waals surface area contributed by atoms with Gasteiger partial charge in [-0.1, -0.05) is 24.3 Å². The fourth-order valence-electron chi connectivity index (χ4n) is 9.43. The topological polar surface area (TPSA) is 151 Å². The maximum absolute atomic E-state index is 12.9. The number of ketones is 2. The van der Waals surface area contributed by atoms with Gasteiger partial charge >= 0.3 is 0 Å². The van der Waals surface area contributed by atoms with E-state index in [0.29, 0.717) is 30.4 Å². The van der Waals surface area contributed by atoms with Gasteiger partial charge in [-0.15, -0.1) is 0 Å². The van der Waals surface area contributed by atoms with Crippen molar-refractivity contribution in [3.8, 4) is 0 Å². The molecule has 4 aromatic heterocycles. The molecule has 2 unspecified atom stereocenters. The van der Waals surface area contributed by atoms with E-state index in [1.165, 1.54) is 55.6 Å². The van der Waals surface area contributed by atoms with Gasteiger partial charge in [-0.25, -0.2) is 9.97 Å². The zero-order valence-corrected chi connectivity index (χ0v) is 38.1. The van der Waals surface area contributed by atoms with Crippen LogP contribution in [0.1, 0.15) is 108 Å². The molecule has 2 N–H and O–H groups in total. The van der Waals surface area contributed by atoms with Crippen molar-refractivity contribution < 1.29 is 14.4 Å². The maximum atomic E-state index is 12.9. The van der Waals surface area contributed by atoms with Crippen LogP contribution in [0.5, 0.6) is 0 Å².